The zero-order valence-electron chi connectivity index (χ0n) is 62.6. The molecule has 0 aliphatic heterocycles. The molecule has 0 aromatic heterocycles. The first-order chi connectivity index (χ1) is 48.7. The minimum Gasteiger partial charge on any atom is -0.462 e. The van der Waals surface area contributed by atoms with Crippen molar-refractivity contribution in [3.8, 4) is 0 Å². The Morgan fingerprint density at radius 1 is 0.290 bits per heavy atom. The van der Waals surface area contributed by atoms with Gasteiger partial charge in [-0.2, -0.15) is 0 Å². The first-order valence-corrected chi connectivity index (χ1v) is 41.8. The molecule has 0 aromatic carbocycles. The summed E-state index contributed by atoms with van der Waals surface area (Å²) in [5.74, 6) is -2.28. The van der Waals surface area contributed by atoms with Crippen molar-refractivity contribution in [2.75, 3.05) is 39.6 Å². The average molecular weight is 1450 g/mol. The molecule has 0 amide bonds. The molecular formula is C81H138O17P2. The molecular weight excluding hydrogens is 1310 g/mol. The van der Waals surface area contributed by atoms with Gasteiger partial charge in [0.1, 0.15) is 19.3 Å². The third kappa shape index (κ3) is 71.8. The summed E-state index contributed by atoms with van der Waals surface area (Å²) in [7, 11) is -9.98. The van der Waals surface area contributed by atoms with Crippen LogP contribution in [-0.4, -0.2) is 96.7 Å². The van der Waals surface area contributed by atoms with Crippen LogP contribution in [0.3, 0.4) is 0 Å². The predicted octanol–water partition coefficient (Wildman–Crippen LogP) is 22.3. The highest BCUT2D eigenvalue weighted by molar-refractivity contribution is 7.47. The molecule has 0 aliphatic carbocycles. The van der Waals surface area contributed by atoms with Crippen LogP contribution in [0.4, 0.5) is 0 Å². The molecule has 19 heteroatoms. The van der Waals surface area contributed by atoms with Crippen molar-refractivity contribution in [2.45, 2.75) is 329 Å². The van der Waals surface area contributed by atoms with Crippen molar-refractivity contribution in [3.63, 3.8) is 0 Å². The lowest BCUT2D eigenvalue weighted by atomic mass is 10.1. The maximum Gasteiger partial charge on any atom is 0.472 e. The molecule has 574 valence electrons. The summed E-state index contributed by atoms with van der Waals surface area (Å²) >= 11 is 0. The van der Waals surface area contributed by atoms with E-state index >= 15 is 0 Å². The Morgan fingerprint density at radius 3 is 0.910 bits per heavy atom. The van der Waals surface area contributed by atoms with Crippen LogP contribution in [0.25, 0.3) is 0 Å². The molecule has 0 heterocycles. The first-order valence-electron chi connectivity index (χ1n) is 38.8. The molecule has 0 radical (unpaired) electrons. The SMILES string of the molecule is CC/C=C\C/C=C\C/C=C\C/C=C\C/C=C\CCCC(=O)OCC(COP(=O)(O)OCC(O)COP(=O)(O)OCC(COC(=O)CCCCCCC/C=C\C/C=C\CCCCC)OC(=O)CCCCCCC/C=C\C/C=C\CCC)OC(=O)CCCCCCC/C=C\CCCCCCCC. The zero-order valence-corrected chi connectivity index (χ0v) is 64.4. The summed E-state index contributed by atoms with van der Waals surface area (Å²) in [6, 6.07) is 0. The summed E-state index contributed by atoms with van der Waals surface area (Å²) in [5.41, 5.74) is 0. The van der Waals surface area contributed by atoms with Crippen LogP contribution in [0, 0.1) is 0 Å². The lowest BCUT2D eigenvalue weighted by Crippen LogP contribution is -2.30. The molecule has 100 heavy (non-hydrogen) atoms. The molecule has 3 N–H and O–H groups in total. The number of aliphatic hydroxyl groups excluding tert-OH is 1. The molecule has 0 saturated carbocycles. The lowest BCUT2D eigenvalue weighted by molar-refractivity contribution is -0.161. The van der Waals surface area contributed by atoms with Crippen LogP contribution in [0.5, 0.6) is 0 Å². The van der Waals surface area contributed by atoms with Gasteiger partial charge in [0.25, 0.3) is 0 Å². The lowest BCUT2D eigenvalue weighted by Gasteiger charge is -2.21. The molecule has 0 aliphatic rings. The third-order valence-corrected chi connectivity index (χ3v) is 17.8. The highest BCUT2D eigenvalue weighted by Gasteiger charge is 2.30. The topological polar surface area (TPSA) is 237 Å². The van der Waals surface area contributed by atoms with E-state index in [0.717, 1.165) is 167 Å². The fraction of sp³-hybridized carbons (Fsp3) is 0.704. The number of phosphoric acid groups is 2. The summed E-state index contributed by atoms with van der Waals surface area (Å²) in [6.07, 6.45) is 79.0. The molecule has 0 aromatic rings. The van der Waals surface area contributed by atoms with Gasteiger partial charge in [-0.15, -0.1) is 0 Å². The minimum atomic E-state index is -4.99. The molecule has 0 fully saturated rings. The van der Waals surface area contributed by atoms with Gasteiger partial charge in [-0.25, -0.2) is 9.13 Å². The van der Waals surface area contributed by atoms with Gasteiger partial charge in [0.2, 0.25) is 0 Å². The molecule has 0 spiro atoms. The number of rotatable bonds is 72. The summed E-state index contributed by atoms with van der Waals surface area (Å²) in [6.45, 7) is 4.56. The van der Waals surface area contributed by atoms with E-state index in [4.69, 9.17) is 37.0 Å². The van der Waals surface area contributed by atoms with Crippen LogP contribution in [0.2, 0.25) is 0 Å². The highest BCUT2D eigenvalue weighted by Crippen LogP contribution is 2.45. The Morgan fingerprint density at radius 2 is 0.550 bits per heavy atom. The van der Waals surface area contributed by atoms with Crippen molar-refractivity contribution in [2.24, 2.45) is 0 Å². The monoisotopic (exact) mass is 1440 g/mol. The number of allylic oxidation sites excluding steroid dienone is 20. The normalized spacial score (nSPS) is 14.6. The second kappa shape index (κ2) is 72.8. The molecule has 0 saturated heterocycles. The quantitative estimate of drug-likeness (QED) is 0.0169. The molecule has 5 atom stereocenters. The number of hydrogen-bond donors (Lipinski definition) is 3. The number of hydrogen-bond acceptors (Lipinski definition) is 15. The summed E-state index contributed by atoms with van der Waals surface area (Å²) < 4.78 is 68.4. The number of aliphatic hydroxyl groups is 1. The van der Waals surface area contributed by atoms with Crippen LogP contribution >= 0.6 is 15.6 Å². The number of unbranched alkanes of at least 4 members (excludes halogenated alkanes) is 26. The van der Waals surface area contributed by atoms with E-state index in [0.29, 0.717) is 32.1 Å². The predicted molar refractivity (Wildman–Crippen MR) is 408 cm³/mol. The minimum absolute atomic E-state index is 0.0706. The Labute approximate surface area is 606 Å². The smallest absolute Gasteiger partial charge is 0.462 e. The van der Waals surface area contributed by atoms with Crippen molar-refractivity contribution in [3.05, 3.63) is 122 Å². The maximum absolute atomic E-state index is 13.1. The molecule has 17 nitrogen and oxygen atoms in total. The van der Waals surface area contributed by atoms with Crippen molar-refractivity contribution >= 4 is 39.5 Å². The Kier molecular flexibility index (Phi) is 69.5. The number of esters is 4. The molecule has 0 bridgehead atoms. The third-order valence-electron chi connectivity index (χ3n) is 15.9. The van der Waals surface area contributed by atoms with Crippen LogP contribution in [-0.2, 0) is 65.4 Å². The number of ether oxygens (including phenoxy) is 4. The van der Waals surface area contributed by atoms with E-state index in [1.54, 1.807) is 0 Å². The van der Waals surface area contributed by atoms with Gasteiger partial charge in [-0.3, -0.25) is 37.3 Å². The average Bonchev–Trinajstić information content (AvgIpc) is 1.06. The highest BCUT2D eigenvalue weighted by atomic mass is 31.2. The van der Waals surface area contributed by atoms with Crippen LogP contribution < -0.4 is 0 Å². The summed E-state index contributed by atoms with van der Waals surface area (Å²) in [5, 5.41) is 10.6. The van der Waals surface area contributed by atoms with Gasteiger partial charge in [0, 0.05) is 25.7 Å². The van der Waals surface area contributed by atoms with E-state index in [1.165, 1.54) is 57.8 Å². The second-order valence-corrected chi connectivity index (χ2v) is 28.5. The molecule has 5 unspecified atom stereocenters. The Balaban J connectivity index is 5.42. The van der Waals surface area contributed by atoms with E-state index in [9.17, 15) is 43.2 Å². The van der Waals surface area contributed by atoms with E-state index in [-0.39, 0.29) is 25.7 Å². The van der Waals surface area contributed by atoms with E-state index in [1.807, 2.05) is 12.2 Å². The second-order valence-electron chi connectivity index (χ2n) is 25.6. The number of carbonyl (C=O) groups excluding carboxylic acids is 4. The fourth-order valence-electron chi connectivity index (χ4n) is 9.96. The van der Waals surface area contributed by atoms with Gasteiger partial charge in [-0.05, 0) is 148 Å². The van der Waals surface area contributed by atoms with E-state index in [2.05, 4.69) is 137 Å². The van der Waals surface area contributed by atoms with Crippen LogP contribution in [0.15, 0.2) is 122 Å². The van der Waals surface area contributed by atoms with Crippen molar-refractivity contribution < 1.29 is 80.2 Å². The number of phosphoric ester groups is 2. The maximum atomic E-state index is 13.1. The Hall–Kier alpha value is -4.54. The first kappa shape index (κ1) is 95.5. The Bertz CT molecular complexity index is 2370. The zero-order chi connectivity index (χ0) is 73.2. The summed E-state index contributed by atoms with van der Waals surface area (Å²) in [4.78, 5) is 72.9. The fourth-order valence-corrected chi connectivity index (χ4v) is 11.5. The van der Waals surface area contributed by atoms with E-state index < -0.39 is 97.5 Å². The van der Waals surface area contributed by atoms with Gasteiger partial charge >= 0.3 is 39.5 Å². The van der Waals surface area contributed by atoms with Gasteiger partial charge < -0.3 is 33.8 Å². The van der Waals surface area contributed by atoms with Gasteiger partial charge in [-0.1, -0.05) is 258 Å². The standard InChI is InChI=1S/C81H138O17P2/c1-5-9-13-17-21-25-29-33-36-37-40-43-46-50-54-58-62-66-79(84)92-72-77(98-81(86)68-64-60-56-52-48-44-39-35-31-27-23-19-15-11-7-3)74-96-100(89,90)94-70-75(82)69-93-99(87,88)95-73-76(97-80(85)67-63-59-55-51-47-41-32-28-24-20-16-12-8-4)71-91-78(83)65-61-57-53-49-45-42-38-34-30-26-22-18-14-10-6-2/h9,13,16,20-22,25-26,28,32-36,38-40,43,50,54,75-77,82H,5-8,10-12,14-15,17-19,23-24,27,29-31,37,41-42,44-49,51-53,55-74H2,1-4H3,(H,87,88)(H,89,90)/b13-9-,20-16-,25-21-,26-22-,32-28-,36-33-,38-34-,39-35-,43-40-,54-50-. The van der Waals surface area contributed by atoms with Crippen molar-refractivity contribution in [1.29, 1.82) is 0 Å². The van der Waals surface area contributed by atoms with Crippen molar-refractivity contribution in [1.82, 2.24) is 0 Å². The van der Waals surface area contributed by atoms with Gasteiger partial charge in [0.05, 0.1) is 26.4 Å². The number of carbonyl (C=O) groups is 4. The van der Waals surface area contributed by atoms with Crippen LogP contribution in [0.1, 0.15) is 310 Å². The van der Waals surface area contributed by atoms with Gasteiger partial charge in [0.15, 0.2) is 12.2 Å². The largest absolute Gasteiger partial charge is 0.472 e. The molecule has 0 rings (SSSR count).